The third-order valence-corrected chi connectivity index (χ3v) is 3.56. The Morgan fingerprint density at radius 1 is 1.09 bits per heavy atom. The minimum Gasteiger partial charge on any atom is -0.492 e. The Balaban J connectivity index is 1.74. The molecule has 0 amide bonds. The average molecular weight is 309 g/mol. The van der Waals surface area contributed by atoms with Crippen LogP contribution in [0.5, 0.6) is 5.75 Å². The third kappa shape index (κ3) is 3.57. The van der Waals surface area contributed by atoms with Crippen LogP contribution < -0.4 is 4.74 Å². The molecule has 118 valence electrons. The molecule has 1 N–H and O–H groups in total. The molecule has 3 aromatic rings. The van der Waals surface area contributed by atoms with Crippen LogP contribution in [0.25, 0.3) is 11.3 Å². The molecule has 0 aliphatic heterocycles. The molecule has 3 rings (SSSR count). The van der Waals surface area contributed by atoms with Gasteiger partial charge in [-0.25, -0.2) is 4.68 Å². The zero-order chi connectivity index (χ0) is 16.1. The molecule has 0 bridgehead atoms. The molecule has 1 heterocycles. The van der Waals surface area contributed by atoms with E-state index in [2.05, 4.69) is 10.3 Å². The molecule has 0 atom stereocenters. The summed E-state index contributed by atoms with van der Waals surface area (Å²) in [6.07, 6.45) is 0. The van der Waals surface area contributed by atoms with E-state index in [4.69, 9.17) is 4.74 Å². The summed E-state index contributed by atoms with van der Waals surface area (Å²) in [4.78, 5) is 0. The monoisotopic (exact) mass is 309 g/mol. The minimum atomic E-state index is -0.136. The molecular weight excluding hydrogens is 290 g/mol. The average Bonchev–Trinajstić information content (AvgIpc) is 2.99. The van der Waals surface area contributed by atoms with Crippen LogP contribution >= 0.6 is 0 Å². The van der Waals surface area contributed by atoms with Crippen molar-refractivity contribution in [3.05, 3.63) is 65.9 Å². The quantitative estimate of drug-likeness (QED) is 0.760. The number of hydrogen-bond acceptors (Lipinski definition) is 4. The van der Waals surface area contributed by atoms with Crippen LogP contribution in [0.1, 0.15) is 11.3 Å². The Labute approximate surface area is 135 Å². The first-order valence-corrected chi connectivity index (χ1v) is 7.56. The number of nitrogens with zero attached hydrogens (tertiary/aromatic N) is 3. The number of aromatic nitrogens is 3. The van der Waals surface area contributed by atoms with Crippen molar-refractivity contribution in [2.24, 2.45) is 0 Å². The molecule has 0 radical (unpaired) electrons. The largest absolute Gasteiger partial charge is 0.492 e. The van der Waals surface area contributed by atoms with E-state index in [-0.39, 0.29) is 6.61 Å². The number of ether oxygens (including phenoxy) is 1. The van der Waals surface area contributed by atoms with Gasteiger partial charge in [0.05, 0.1) is 18.8 Å². The number of aryl methyl sites for hydroxylation is 1. The molecule has 2 aromatic carbocycles. The summed E-state index contributed by atoms with van der Waals surface area (Å²) in [5.41, 5.74) is 3.56. The first kappa shape index (κ1) is 15.2. The summed E-state index contributed by atoms with van der Waals surface area (Å²) < 4.78 is 7.55. The van der Waals surface area contributed by atoms with Crippen molar-refractivity contribution in [3.63, 3.8) is 0 Å². The molecule has 0 aliphatic carbocycles. The van der Waals surface area contributed by atoms with Crippen LogP contribution in [-0.2, 0) is 13.2 Å². The SMILES string of the molecule is Cc1cccc(OCCn2nnc(CO)c2-c2ccccc2)c1. The van der Waals surface area contributed by atoms with Gasteiger partial charge in [-0.1, -0.05) is 47.7 Å². The van der Waals surface area contributed by atoms with Gasteiger partial charge in [0, 0.05) is 5.56 Å². The Morgan fingerprint density at radius 3 is 2.65 bits per heavy atom. The second-order valence-electron chi connectivity index (χ2n) is 5.30. The maximum atomic E-state index is 9.48. The van der Waals surface area contributed by atoms with E-state index in [9.17, 15) is 5.11 Å². The molecule has 0 unspecified atom stereocenters. The van der Waals surface area contributed by atoms with Crippen molar-refractivity contribution in [1.82, 2.24) is 15.0 Å². The summed E-state index contributed by atoms with van der Waals surface area (Å²) in [7, 11) is 0. The zero-order valence-corrected chi connectivity index (χ0v) is 13.0. The fourth-order valence-electron chi connectivity index (χ4n) is 2.48. The summed E-state index contributed by atoms with van der Waals surface area (Å²) >= 11 is 0. The van der Waals surface area contributed by atoms with Crippen LogP contribution in [0.15, 0.2) is 54.6 Å². The highest BCUT2D eigenvalue weighted by molar-refractivity contribution is 5.61. The lowest BCUT2D eigenvalue weighted by Gasteiger charge is -2.10. The standard InChI is InChI=1S/C18H19N3O2/c1-14-6-5-9-16(12-14)23-11-10-21-18(17(13-22)19-20-21)15-7-3-2-4-8-15/h2-9,12,22H,10-11,13H2,1H3. The number of aliphatic hydroxyl groups is 1. The number of rotatable bonds is 6. The Hall–Kier alpha value is -2.66. The van der Waals surface area contributed by atoms with Gasteiger partial charge in [0.25, 0.3) is 0 Å². The van der Waals surface area contributed by atoms with E-state index in [1.807, 2.05) is 61.5 Å². The van der Waals surface area contributed by atoms with E-state index in [0.29, 0.717) is 18.8 Å². The maximum absolute atomic E-state index is 9.48. The Morgan fingerprint density at radius 2 is 1.91 bits per heavy atom. The van der Waals surface area contributed by atoms with Gasteiger partial charge in [0.1, 0.15) is 18.1 Å². The molecule has 23 heavy (non-hydrogen) atoms. The lowest BCUT2D eigenvalue weighted by Crippen LogP contribution is -2.11. The topological polar surface area (TPSA) is 60.2 Å². The third-order valence-electron chi connectivity index (χ3n) is 3.56. The summed E-state index contributed by atoms with van der Waals surface area (Å²) in [5.74, 6) is 0.841. The summed E-state index contributed by atoms with van der Waals surface area (Å²) in [5, 5.41) is 17.7. The van der Waals surface area contributed by atoms with Gasteiger partial charge in [-0.15, -0.1) is 5.10 Å². The Kier molecular flexibility index (Phi) is 4.68. The molecular formula is C18H19N3O2. The van der Waals surface area contributed by atoms with Crippen LogP contribution in [0.4, 0.5) is 0 Å². The molecule has 5 nitrogen and oxygen atoms in total. The van der Waals surface area contributed by atoms with Crippen molar-refractivity contribution >= 4 is 0 Å². The van der Waals surface area contributed by atoms with Gasteiger partial charge < -0.3 is 9.84 Å². The van der Waals surface area contributed by atoms with Crippen LogP contribution in [0, 0.1) is 6.92 Å². The van der Waals surface area contributed by atoms with Gasteiger partial charge in [-0.2, -0.15) is 0 Å². The second kappa shape index (κ2) is 7.07. The Bertz CT molecular complexity index is 769. The molecule has 0 fully saturated rings. The van der Waals surface area contributed by atoms with Gasteiger partial charge in [0.15, 0.2) is 0 Å². The fourth-order valence-corrected chi connectivity index (χ4v) is 2.48. The molecule has 5 heteroatoms. The van der Waals surface area contributed by atoms with Gasteiger partial charge >= 0.3 is 0 Å². The number of benzene rings is 2. The lowest BCUT2D eigenvalue weighted by molar-refractivity contribution is 0.277. The molecule has 0 saturated carbocycles. The number of aliphatic hydroxyl groups excluding tert-OH is 1. The van der Waals surface area contributed by atoms with Crippen molar-refractivity contribution in [1.29, 1.82) is 0 Å². The van der Waals surface area contributed by atoms with E-state index in [1.165, 1.54) is 0 Å². The molecule has 0 spiro atoms. The van der Waals surface area contributed by atoms with E-state index in [0.717, 1.165) is 22.6 Å². The van der Waals surface area contributed by atoms with Crippen LogP contribution in [-0.4, -0.2) is 26.7 Å². The van der Waals surface area contributed by atoms with Gasteiger partial charge in [0.2, 0.25) is 0 Å². The highest BCUT2D eigenvalue weighted by Crippen LogP contribution is 2.22. The predicted octanol–water partition coefficient (Wildman–Crippen LogP) is 2.82. The van der Waals surface area contributed by atoms with Gasteiger partial charge in [-0.3, -0.25) is 0 Å². The van der Waals surface area contributed by atoms with E-state index < -0.39 is 0 Å². The number of hydrogen-bond donors (Lipinski definition) is 1. The smallest absolute Gasteiger partial charge is 0.119 e. The highest BCUT2D eigenvalue weighted by atomic mass is 16.5. The normalized spacial score (nSPS) is 10.7. The first-order chi connectivity index (χ1) is 11.3. The van der Waals surface area contributed by atoms with Crippen LogP contribution in [0.2, 0.25) is 0 Å². The van der Waals surface area contributed by atoms with E-state index in [1.54, 1.807) is 4.68 Å². The molecule has 0 aliphatic rings. The predicted molar refractivity (Wildman–Crippen MR) is 88.1 cm³/mol. The highest BCUT2D eigenvalue weighted by Gasteiger charge is 2.13. The second-order valence-corrected chi connectivity index (χ2v) is 5.30. The van der Waals surface area contributed by atoms with Crippen molar-refractivity contribution in [2.75, 3.05) is 6.61 Å². The van der Waals surface area contributed by atoms with E-state index >= 15 is 0 Å². The maximum Gasteiger partial charge on any atom is 0.119 e. The molecule has 1 aromatic heterocycles. The van der Waals surface area contributed by atoms with Crippen molar-refractivity contribution < 1.29 is 9.84 Å². The lowest BCUT2D eigenvalue weighted by atomic mass is 10.1. The zero-order valence-electron chi connectivity index (χ0n) is 13.0. The van der Waals surface area contributed by atoms with Crippen molar-refractivity contribution in [2.45, 2.75) is 20.1 Å². The van der Waals surface area contributed by atoms with Crippen molar-refractivity contribution in [3.8, 4) is 17.0 Å². The van der Waals surface area contributed by atoms with Crippen LogP contribution in [0.3, 0.4) is 0 Å². The van der Waals surface area contributed by atoms with Gasteiger partial charge in [-0.05, 0) is 24.6 Å². The minimum absolute atomic E-state index is 0.136. The fraction of sp³-hybridized carbons (Fsp3) is 0.222. The first-order valence-electron chi connectivity index (χ1n) is 7.56. The molecule has 0 saturated heterocycles. The summed E-state index contributed by atoms with van der Waals surface area (Å²) in [6, 6.07) is 17.8. The summed E-state index contributed by atoms with van der Waals surface area (Å²) in [6.45, 7) is 2.94.